The largest absolute Gasteiger partial charge is 0.489 e. The van der Waals surface area contributed by atoms with Gasteiger partial charge >= 0.3 is 0 Å². The molecule has 0 bridgehead atoms. The van der Waals surface area contributed by atoms with E-state index in [2.05, 4.69) is 21.2 Å². The molecule has 0 aromatic heterocycles. The average molecular weight is 440 g/mol. The fourth-order valence-electron chi connectivity index (χ4n) is 2.84. The van der Waals surface area contributed by atoms with Crippen molar-refractivity contribution < 1.29 is 19.0 Å². The number of carbonyl (C=O) groups is 1. The van der Waals surface area contributed by atoms with Crippen LogP contribution in [-0.4, -0.2) is 12.7 Å². The summed E-state index contributed by atoms with van der Waals surface area (Å²) in [4.78, 5) is 12.5. The van der Waals surface area contributed by atoms with Gasteiger partial charge in [-0.25, -0.2) is 0 Å². The highest BCUT2D eigenvalue weighted by Crippen LogP contribution is 2.32. The van der Waals surface area contributed by atoms with Gasteiger partial charge in [0.25, 0.3) is 5.91 Å². The van der Waals surface area contributed by atoms with Crippen molar-refractivity contribution in [3.8, 4) is 17.2 Å². The number of fused-ring (bicyclic) bond motifs is 1. The van der Waals surface area contributed by atoms with E-state index in [0.717, 1.165) is 27.1 Å². The van der Waals surface area contributed by atoms with E-state index in [1.54, 1.807) is 6.07 Å². The maximum Gasteiger partial charge on any atom is 0.251 e. The molecule has 1 N–H and O–H groups in total. The van der Waals surface area contributed by atoms with Crippen molar-refractivity contribution in [2.24, 2.45) is 0 Å². The minimum absolute atomic E-state index is 0.136. The van der Waals surface area contributed by atoms with Gasteiger partial charge < -0.3 is 19.5 Å². The Hall–Kier alpha value is -2.99. The van der Waals surface area contributed by atoms with Crippen LogP contribution in [0.5, 0.6) is 17.2 Å². The normalized spacial score (nSPS) is 11.9. The summed E-state index contributed by atoms with van der Waals surface area (Å²) < 4.78 is 17.4. The van der Waals surface area contributed by atoms with Gasteiger partial charge in [0.05, 0.1) is 0 Å². The lowest BCUT2D eigenvalue weighted by Gasteiger charge is -2.09. The van der Waals surface area contributed by atoms with Gasteiger partial charge in [0.2, 0.25) is 6.79 Å². The first kappa shape index (κ1) is 18.4. The molecule has 28 heavy (non-hydrogen) atoms. The SMILES string of the molecule is O=C(NCc1ccc2c(c1)OCO2)c1cccc(COc2ccc(Br)cc2)c1. The zero-order valence-electron chi connectivity index (χ0n) is 15.0. The maximum atomic E-state index is 12.5. The van der Waals surface area contributed by atoms with Gasteiger partial charge in [-0.15, -0.1) is 0 Å². The number of nitrogens with one attached hydrogen (secondary N) is 1. The lowest BCUT2D eigenvalue weighted by atomic mass is 10.1. The number of hydrogen-bond acceptors (Lipinski definition) is 4. The van der Waals surface area contributed by atoms with E-state index in [9.17, 15) is 4.79 Å². The molecule has 0 unspecified atom stereocenters. The van der Waals surface area contributed by atoms with E-state index in [0.29, 0.717) is 24.5 Å². The highest BCUT2D eigenvalue weighted by molar-refractivity contribution is 9.10. The molecule has 0 aliphatic carbocycles. The third-order valence-corrected chi connectivity index (χ3v) is 4.83. The van der Waals surface area contributed by atoms with Gasteiger partial charge in [-0.1, -0.05) is 34.1 Å². The van der Waals surface area contributed by atoms with Gasteiger partial charge in [-0.2, -0.15) is 0 Å². The number of ether oxygens (including phenoxy) is 3. The van der Waals surface area contributed by atoms with E-state index in [1.165, 1.54) is 0 Å². The number of rotatable bonds is 6. The van der Waals surface area contributed by atoms with Crippen LogP contribution in [0.2, 0.25) is 0 Å². The van der Waals surface area contributed by atoms with Crippen LogP contribution in [0.15, 0.2) is 71.2 Å². The maximum absolute atomic E-state index is 12.5. The summed E-state index contributed by atoms with van der Waals surface area (Å²) in [7, 11) is 0. The molecule has 0 atom stereocenters. The van der Waals surface area contributed by atoms with Crippen molar-refractivity contribution in [3.05, 3.63) is 87.9 Å². The molecule has 3 aromatic rings. The van der Waals surface area contributed by atoms with Gasteiger partial charge in [0.15, 0.2) is 11.5 Å². The van der Waals surface area contributed by atoms with Crippen molar-refractivity contribution in [3.63, 3.8) is 0 Å². The Labute approximate surface area is 171 Å². The molecule has 1 amide bonds. The Morgan fingerprint density at radius 2 is 1.79 bits per heavy atom. The minimum Gasteiger partial charge on any atom is -0.489 e. The zero-order chi connectivity index (χ0) is 19.3. The monoisotopic (exact) mass is 439 g/mol. The minimum atomic E-state index is -0.136. The highest BCUT2D eigenvalue weighted by Gasteiger charge is 2.14. The molecule has 0 radical (unpaired) electrons. The van der Waals surface area contributed by atoms with Crippen LogP contribution in [0.25, 0.3) is 0 Å². The second-order valence-corrected chi connectivity index (χ2v) is 7.23. The van der Waals surface area contributed by atoms with Crippen molar-refractivity contribution in [1.82, 2.24) is 5.32 Å². The van der Waals surface area contributed by atoms with Crippen LogP contribution in [0.3, 0.4) is 0 Å². The number of amides is 1. The smallest absolute Gasteiger partial charge is 0.251 e. The van der Waals surface area contributed by atoms with Crippen LogP contribution in [0, 0.1) is 0 Å². The summed E-state index contributed by atoms with van der Waals surface area (Å²) in [6, 6.07) is 20.7. The summed E-state index contributed by atoms with van der Waals surface area (Å²) in [5.74, 6) is 2.08. The molecule has 3 aromatic carbocycles. The third kappa shape index (κ3) is 4.46. The van der Waals surface area contributed by atoms with Crippen molar-refractivity contribution in [2.75, 3.05) is 6.79 Å². The Balaban J connectivity index is 1.35. The summed E-state index contributed by atoms with van der Waals surface area (Å²) in [6.07, 6.45) is 0. The van der Waals surface area contributed by atoms with Crippen LogP contribution in [0.4, 0.5) is 0 Å². The lowest BCUT2D eigenvalue weighted by molar-refractivity contribution is 0.0950. The topological polar surface area (TPSA) is 56.8 Å². The Kier molecular flexibility index (Phi) is 5.48. The molecule has 0 fully saturated rings. The standard InChI is InChI=1S/C22H18BrNO4/c23-18-5-7-19(8-6-18)26-13-16-2-1-3-17(10-16)22(25)24-12-15-4-9-20-21(11-15)28-14-27-20/h1-11H,12-14H2,(H,24,25). The van der Waals surface area contributed by atoms with Crippen LogP contribution in [-0.2, 0) is 13.2 Å². The van der Waals surface area contributed by atoms with E-state index in [-0.39, 0.29) is 12.7 Å². The number of benzene rings is 3. The second-order valence-electron chi connectivity index (χ2n) is 6.31. The first-order chi connectivity index (χ1) is 13.7. The lowest BCUT2D eigenvalue weighted by Crippen LogP contribution is -2.22. The highest BCUT2D eigenvalue weighted by atomic mass is 79.9. The number of halogens is 1. The molecular formula is C22H18BrNO4. The predicted octanol–water partition coefficient (Wildman–Crippen LogP) is 4.69. The number of carbonyl (C=O) groups excluding carboxylic acids is 1. The molecule has 1 heterocycles. The van der Waals surface area contributed by atoms with E-state index in [1.807, 2.05) is 60.7 Å². The molecule has 1 aliphatic rings. The molecule has 5 nitrogen and oxygen atoms in total. The van der Waals surface area contributed by atoms with Gasteiger partial charge in [0, 0.05) is 16.6 Å². The fraction of sp³-hybridized carbons (Fsp3) is 0.136. The Morgan fingerprint density at radius 1 is 0.964 bits per heavy atom. The first-order valence-electron chi connectivity index (χ1n) is 8.81. The van der Waals surface area contributed by atoms with Gasteiger partial charge in [-0.3, -0.25) is 4.79 Å². The molecule has 0 spiro atoms. The average Bonchev–Trinajstić information content (AvgIpc) is 3.20. The Bertz CT molecular complexity index is 988. The number of hydrogen-bond donors (Lipinski definition) is 1. The summed E-state index contributed by atoms with van der Waals surface area (Å²) in [5.41, 5.74) is 2.48. The molecule has 0 saturated heterocycles. The van der Waals surface area contributed by atoms with E-state index < -0.39 is 0 Å². The van der Waals surface area contributed by atoms with Gasteiger partial charge in [0.1, 0.15) is 12.4 Å². The second kappa shape index (κ2) is 8.35. The fourth-order valence-corrected chi connectivity index (χ4v) is 3.10. The van der Waals surface area contributed by atoms with E-state index in [4.69, 9.17) is 14.2 Å². The van der Waals surface area contributed by atoms with Gasteiger partial charge in [-0.05, 0) is 59.7 Å². The van der Waals surface area contributed by atoms with Crippen LogP contribution >= 0.6 is 15.9 Å². The molecule has 1 aliphatic heterocycles. The summed E-state index contributed by atoms with van der Waals surface area (Å²) >= 11 is 3.40. The molecule has 6 heteroatoms. The summed E-state index contributed by atoms with van der Waals surface area (Å²) in [5, 5.41) is 2.93. The van der Waals surface area contributed by atoms with Crippen LogP contribution in [0.1, 0.15) is 21.5 Å². The summed E-state index contributed by atoms with van der Waals surface area (Å²) in [6.45, 7) is 1.04. The molecular weight excluding hydrogens is 422 g/mol. The van der Waals surface area contributed by atoms with Crippen molar-refractivity contribution >= 4 is 21.8 Å². The Morgan fingerprint density at radius 3 is 2.64 bits per heavy atom. The quantitative estimate of drug-likeness (QED) is 0.605. The first-order valence-corrected chi connectivity index (χ1v) is 9.61. The van der Waals surface area contributed by atoms with Crippen molar-refractivity contribution in [2.45, 2.75) is 13.2 Å². The molecule has 4 rings (SSSR count). The third-order valence-electron chi connectivity index (χ3n) is 4.30. The van der Waals surface area contributed by atoms with Crippen LogP contribution < -0.4 is 19.5 Å². The molecule has 142 valence electrons. The zero-order valence-corrected chi connectivity index (χ0v) is 16.6. The van der Waals surface area contributed by atoms with E-state index >= 15 is 0 Å². The molecule has 0 saturated carbocycles. The van der Waals surface area contributed by atoms with Crippen molar-refractivity contribution in [1.29, 1.82) is 0 Å². The predicted molar refractivity (Wildman–Crippen MR) is 109 cm³/mol.